The van der Waals surface area contributed by atoms with Crippen molar-refractivity contribution in [3.05, 3.63) is 23.8 Å². The van der Waals surface area contributed by atoms with E-state index < -0.39 is 0 Å². The van der Waals surface area contributed by atoms with Gasteiger partial charge in [-0.15, -0.1) is 0 Å². The molecular weight excluding hydrogens is 230 g/mol. The Hall–Kier alpha value is -1.26. The minimum Gasteiger partial charge on any atom is -0.497 e. The van der Waals surface area contributed by atoms with Crippen LogP contribution in [0.25, 0.3) is 0 Å². The third-order valence-corrected chi connectivity index (χ3v) is 3.20. The lowest BCUT2D eigenvalue weighted by molar-refractivity contribution is 0.110. The van der Waals surface area contributed by atoms with Crippen LogP contribution < -0.4 is 14.8 Å². The quantitative estimate of drug-likeness (QED) is 0.839. The molecule has 1 saturated heterocycles. The molecule has 1 fully saturated rings. The van der Waals surface area contributed by atoms with Gasteiger partial charge in [-0.05, 0) is 31.0 Å². The summed E-state index contributed by atoms with van der Waals surface area (Å²) < 4.78 is 16.1. The fraction of sp³-hybridized carbons (Fsp3) is 0.571. The lowest BCUT2D eigenvalue weighted by atomic mass is 10.1. The molecule has 100 valence electrons. The summed E-state index contributed by atoms with van der Waals surface area (Å²) in [5.74, 6) is 1.74. The number of rotatable bonds is 6. The Morgan fingerprint density at radius 3 is 2.89 bits per heavy atom. The van der Waals surface area contributed by atoms with Gasteiger partial charge < -0.3 is 19.5 Å². The zero-order valence-electron chi connectivity index (χ0n) is 11.1. The summed E-state index contributed by atoms with van der Waals surface area (Å²) >= 11 is 0. The van der Waals surface area contributed by atoms with Crippen LogP contribution in [0.4, 0.5) is 0 Å². The Bertz CT molecular complexity index is 375. The third-order valence-electron chi connectivity index (χ3n) is 3.20. The van der Waals surface area contributed by atoms with Gasteiger partial charge in [-0.25, -0.2) is 0 Å². The van der Waals surface area contributed by atoms with Gasteiger partial charge in [-0.1, -0.05) is 0 Å². The molecule has 1 heterocycles. The topological polar surface area (TPSA) is 39.7 Å². The predicted molar refractivity (Wildman–Crippen MR) is 70.2 cm³/mol. The maximum absolute atomic E-state index is 5.57. The molecule has 18 heavy (non-hydrogen) atoms. The van der Waals surface area contributed by atoms with Crippen molar-refractivity contribution in [2.75, 3.05) is 27.4 Å². The highest BCUT2D eigenvalue weighted by Crippen LogP contribution is 2.23. The SMILES string of the molecule is COc1ccc(OC)c(CNCC2CCCO2)c1. The van der Waals surface area contributed by atoms with Crippen LogP contribution in [0.15, 0.2) is 18.2 Å². The highest BCUT2D eigenvalue weighted by molar-refractivity contribution is 5.40. The number of methoxy groups -OCH3 is 2. The molecule has 0 aromatic heterocycles. The Morgan fingerprint density at radius 2 is 2.22 bits per heavy atom. The van der Waals surface area contributed by atoms with Gasteiger partial charge in [-0.2, -0.15) is 0 Å². The molecule has 0 saturated carbocycles. The molecule has 1 N–H and O–H groups in total. The van der Waals surface area contributed by atoms with Crippen LogP contribution in [0, 0.1) is 0 Å². The van der Waals surface area contributed by atoms with Crippen LogP contribution in [0.1, 0.15) is 18.4 Å². The van der Waals surface area contributed by atoms with Gasteiger partial charge in [0.25, 0.3) is 0 Å². The summed E-state index contributed by atoms with van der Waals surface area (Å²) in [4.78, 5) is 0. The van der Waals surface area contributed by atoms with E-state index in [1.54, 1.807) is 14.2 Å². The first-order valence-electron chi connectivity index (χ1n) is 6.36. The van der Waals surface area contributed by atoms with Crippen molar-refractivity contribution in [3.63, 3.8) is 0 Å². The Morgan fingerprint density at radius 1 is 1.33 bits per heavy atom. The van der Waals surface area contributed by atoms with Crippen molar-refractivity contribution >= 4 is 0 Å². The summed E-state index contributed by atoms with van der Waals surface area (Å²) in [6, 6.07) is 5.84. The first-order chi connectivity index (χ1) is 8.83. The van der Waals surface area contributed by atoms with E-state index in [1.165, 1.54) is 6.42 Å². The van der Waals surface area contributed by atoms with Crippen LogP contribution in [0.5, 0.6) is 11.5 Å². The summed E-state index contributed by atoms with van der Waals surface area (Å²) in [7, 11) is 3.36. The number of hydrogen-bond acceptors (Lipinski definition) is 4. The molecule has 4 heteroatoms. The van der Waals surface area contributed by atoms with E-state index in [9.17, 15) is 0 Å². The lowest BCUT2D eigenvalue weighted by Crippen LogP contribution is -2.25. The fourth-order valence-electron chi connectivity index (χ4n) is 2.19. The van der Waals surface area contributed by atoms with Crippen LogP contribution in [0.2, 0.25) is 0 Å². The monoisotopic (exact) mass is 251 g/mol. The van der Waals surface area contributed by atoms with Gasteiger partial charge in [0.1, 0.15) is 11.5 Å². The largest absolute Gasteiger partial charge is 0.497 e. The number of nitrogens with one attached hydrogen (secondary N) is 1. The minimum atomic E-state index is 0.363. The van der Waals surface area contributed by atoms with Crippen molar-refractivity contribution in [3.8, 4) is 11.5 Å². The van der Waals surface area contributed by atoms with Gasteiger partial charge in [0, 0.05) is 25.3 Å². The zero-order valence-corrected chi connectivity index (χ0v) is 11.1. The molecule has 1 aliphatic heterocycles. The van der Waals surface area contributed by atoms with Gasteiger partial charge in [0.15, 0.2) is 0 Å². The molecule has 0 spiro atoms. The molecular formula is C14H21NO3. The van der Waals surface area contributed by atoms with E-state index in [2.05, 4.69) is 5.32 Å². The standard InChI is InChI=1S/C14H21NO3/c1-16-12-5-6-14(17-2)11(8-12)9-15-10-13-4-3-7-18-13/h5-6,8,13,15H,3-4,7,9-10H2,1-2H3. The molecule has 1 aromatic carbocycles. The van der Waals surface area contributed by atoms with E-state index >= 15 is 0 Å². The van der Waals surface area contributed by atoms with Gasteiger partial charge in [0.2, 0.25) is 0 Å². The lowest BCUT2D eigenvalue weighted by Gasteiger charge is -2.13. The van der Waals surface area contributed by atoms with E-state index in [4.69, 9.17) is 14.2 Å². The van der Waals surface area contributed by atoms with Crippen LogP contribution in [0.3, 0.4) is 0 Å². The Labute approximate surface area is 108 Å². The molecule has 1 aromatic rings. The summed E-state index contributed by atoms with van der Waals surface area (Å²) in [5, 5.41) is 3.41. The molecule has 0 aliphatic carbocycles. The molecule has 1 atom stereocenters. The predicted octanol–water partition coefficient (Wildman–Crippen LogP) is 1.97. The maximum atomic E-state index is 5.57. The highest BCUT2D eigenvalue weighted by atomic mass is 16.5. The highest BCUT2D eigenvalue weighted by Gasteiger charge is 2.15. The second-order valence-electron chi connectivity index (χ2n) is 4.44. The molecule has 0 bridgehead atoms. The molecule has 1 unspecified atom stereocenters. The van der Waals surface area contributed by atoms with Crippen molar-refractivity contribution in [2.45, 2.75) is 25.5 Å². The van der Waals surface area contributed by atoms with E-state index in [0.29, 0.717) is 6.10 Å². The van der Waals surface area contributed by atoms with Gasteiger partial charge in [0.05, 0.1) is 20.3 Å². The summed E-state index contributed by atoms with van der Waals surface area (Å²) in [6.45, 7) is 2.55. The molecule has 4 nitrogen and oxygen atoms in total. The van der Waals surface area contributed by atoms with E-state index in [1.807, 2.05) is 18.2 Å². The summed E-state index contributed by atoms with van der Waals surface area (Å²) in [6.07, 6.45) is 2.69. The zero-order chi connectivity index (χ0) is 12.8. The smallest absolute Gasteiger partial charge is 0.123 e. The number of benzene rings is 1. The first kappa shape index (κ1) is 13.2. The molecule has 1 aliphatic rings. The second-order valence-corrected chi connectivity index (χ2v) is 4.44. The minimum absolute atomic E-state index is 0.363. The number of ether oxygens (including phenoxy) is 3. The summed E-state index contributed by atoms with van der Waals surface area (Å²) in [5.41, 5.74) is 1.11. The maximum Gasteiger partial charge on any atom is 0.123 e. The normalized spacial score (nSPS) is 18.9. The van der Waals surface area contributed by atoms with Gasteiger partial charge in [-0.3, -0.25) is 0 Å². The second kappa shape index (κ2) is 6.61. The van der Waals surface area contributed by atoms with Crippen molar-refractivity contribution in [2.24, 2.45) is 0 Å². The fourth-order valence-corrected chi connectivity index (χ4v) is 2.19. The third kappa shape index (κ3) is 3.37. The van der Waals surface area contributed by atoms with Crippen LogP contribution in [-0.2, 0) is 11.3 Å². The molecule has 0 radical (unpaired) electrons. The molecule has 0 amide bonds. The van der Waals surface area contributed by atoms with Gasteiger partial charge >= 0.3 is 0 Å². The van der Waals surface area contributed by atoms with Crippen molar-refractivity contribution < 1.29 is 14.2 Å². The average Bonchev–Trinajstić information content (AvgIpc) is 2.92. The van der Waals surface area contributed by atoms with Crippen molar-refractivity contribution in [1.29, 1.82) is 0 Å². The first-order valence-corrected chi connectivity index (χ1v) is 6.36. The van der Waals surface area contributed by atoms with E-state index in [-0.39, 0.29) is 0 Å². The van der Waals surface area contributed by atoms with Crippen LogP contribution in [-0.4, -0.2) is 33.5 Å². The van der Waals surface area contributed by atoms with Crippen LogP contribution >= 0.6 is 0 Å². The molecule has 2 rings (SSSR count). The van der Waals surface area contributed by atoms with Crippen molar-refractivity contribution in [1.82, 2.24) is 5.32 Å². The Balaban J connectivity index is 1.89. The Kier molecular flexibility index (Phi) is 4.84. The van der Waals surface area contributed by atoms with E-state index in [0.717, 1.165) is 43.2 Å². The average molecular weight is 251 g/mol. The number of hydrogen-bond donors (Lipinski definition) is 1.